The van der Waals surface area contributed by atoms with Crippen molar-refractivity contribution in [2.45, 2.75) is 70.9 Å². The summed E-state index contributed by atoms with van der Waals surface area (Å²) in [7, 11) is 0. The lowest BCUT2D eigenvalue weighted by atomic mass is 10.1. The number of benzene rings is 1. The summed E-state index contributed by atoms with van der Waals surface area (Å²) >= 11 is 3.18. The van der Waals surface area contributed by atoms with E-state index in [1.807, 2.05) is 0 Å². The molecule has 34 heavy (non-hydrogen) atoms. The van der Waals surface area contributed by atoms with Crippen molar-refractivity contribution in [3.8, 4) is 0 Å². The molecule has 0 aromatic heterocycles. The Bertz CT molecular complexity index is 863. The molecule has 0 radical (unpaired) electrons. The number of carbonyl (C=O) groups excluding carboxylic acids is 4. The predicted octanol–water partition coefficient (Wildman–Crippen LogP) is 5.25. The lowest BCUT2D eigenvalue weighted by Crippen LogP contribution is -2.28. The van der Waals surface area contributed by atoms with Gasteiger partial charge in [0.1, 0.15) is 28.7 Å². The van der Waals surface area contributed by atoms with Crippen LogP contribution in [0.2, 0.25) is 0 Å². The van der Waals surface area contributed by atoms with E-state index in [1.165, 1.54) is 18.2 Å². The molecule has 0 aliphatic carbocycles. The van der Waals surface area contributed by atoms with Crippen LogP contribution in [0.4, 0.5) is 21.0 Å². The molecule has 2 N–H and O–H groups in total. The van der Waals surface area contributed by atoms with Crippen LogP contribution >= 0.6 is 15.9 Å². The Morgan fingerprint density at radius 1 is 0.735 bits per heavy atom. The van der Waals surface area contributed by atoms with Gasteiger partial charge in [-0.2, -0.15) is 0 Å². The molecule has 0 saturated carbocycles. The summed E-state index contributed by atoms with van der Waals surface area (Å²) in [6.45, 7) is 13.2. The number of amides is 2. The Kier molecular flexibility index (Phi) is 9.92. The Labute approximate surface area is 208 Å². The summed E-state index contributed by atoms with van der Waals surface area (Å²) in [5, 5.41) is 5.04. The number of carbonyl (C=O) groups is 4. The molecule has 0 heterocycles. The maximum atomic E-state index is 12.6. The molecular formula is C23H33BrN2O8. The van der Waals surface area contributed by atoms with Crippen LogP contribution in [0.25, 0.3) is 0 Å². The third-order valence-corrected chi connectivity index (χ3v) is 3.82. The van der Waals surface area contributed by atoms with Crippen molar-refractivity contribution >= 4 is 51.4 Å². The number of hydrogen-bond acceptors (Lipinski definition) is 8. The third kappa shape index (κ3) is 11.9. The molecule has 0 atom stereocenters. The van der Waals surface area contributed by atoms with Gasteiger partial charge in [0.15, 0.2) is 0 Å². The van der Waals surface area contributed by atoms with E-state index in [9.17, 15) is 19.2 Å². The van der Waals surface area contributed by atoms with Crippen LogP contribution in [0.15, 0.2) is 18.2 Å². The number of nitrogens with one attached hydrogen (secondary N) is 2. The van der Waals surface area contributed by atoms with Crippen molar-refractivity contribution < 1.29 is 38.1 Å². The molecule has 0 spiro atoms. The number of anilines is 2. The average Bonchev–Trinajstić information content (AvgIpc) is 2.60. The highest BCUT2D eigenvalue weighted by Gasteiger charge is 2.25. The summed E-state index contributed by atoms with van der Waals surface area (Å²) in [4.78, 5) is 48.7. The molecule has 0 saturated heterocycles. The maximum absolute atomic E-state index is 12.6. The highest BCUT2D eigenvalue weighted by molar-refractivity contribution is 9.10. The largest absolute Gasteiger partial charge is 0.461 e. The van der Waals surface area contributed by atoms with Crippen LogP contribution in [-0.4, -0.2) is 52.9 Å². The molecular weight excluding hydrogens is 512 g/mol. The Morgan fingerprint density at radius 3 is 1.53 bits per heavy atom. The van der Waals surface area contributed by atoms with Crippen LogP contribution in [0.1, 0.15) is 65.7 Å². The summed E-state index contributed by atoms with van der Waals surface area (Å²) in [6.07, 6.45) is -1.49. The molecule has 0 unspecified atom stereocenters. The fourth-order valence-corrected chi connectivity index (χ4v) is 2.37. The minimum atomic E-state index is -0.860. The van der Waals surface area contributed by atoms with Gasteiger partial charge in [-0.15, -0.1) is 0 Å². The van der Waals surface area contributed by atoms with Crippen LogP contribution in [0.3, 0.4) is 0 Å². The number of rotatable bonds is 7. The van der Waals surface area contributed by atoms with Gasteiger partial charge in [-0.05, 0) is 73.6 Å². The van der Waals surface area contributed by atoms with E-state index in [2.05, 4.69) is 26.6 Å². The van der Waals surface area contributed by atoms with Gasteiger partial charge in [-0.25, -0.2) is 14.4 Å². The molecule has 0 aliphatic rings. The second-order valence-corrected chi connectivity index (χ2v) is 11.8. The first kappa shape index (κ1) is 29.2. The van der Waals surface area contributed by atoms with Crippen LogP contribution in [0.5, 0.6) is 0 Å². The molecule has 190 valence electrons. The van der Waals surface area contributed by atoms with Crippen molar-refractivity contribution in [3.63, 3.8) is 0 Å². The molecule has 0 bridgehead atoms. The van der Waals surface area contributed by atoms with E-state index in [4.69, 9.17) is 18.9 Å². The molecule has 1 aromatic carbocycles. The zero-order chi connectivity index (χ0) is 26.3. The quantitative estimate of drug-likeness (QED) is 0.206. The normalized spacial score (nSPS) is 11.8. The highest BCUT2D eigenvalue weighted by Crippen LogP contribution is 2.22. The van der Waals surface area contributed by atoms with E-state index in [0.717, 1.165) is 0 Å². The lowest BCUT2D eigenvalue weighted by Gasteiger charge is -2.21. The minimum Gasteiger partial charge on any atom is -0.461 e. The summed E-state index contributed by atoms with van der Waals surface area (Å²) < 4.78 is 19.8. The molecule has 0 aliphatic heterocycles. The van der Waals surface area contributed by atoms with Crippen LogP contribution in [-0.2, 0) is 23.7 Å². The summed E-state index contributed by atoms with van der Waals surface area (Å²) in [5.41, 5.74) is -1.07. The van der Waals surface area contributed by atoms with Crippen molar-refractivity contribution in [1.29, 1.82) is 0 Å². The van der Waals surface area contributed by atoms with E-state index in [-0.39, 0.29) is 30.2 Å². The van der Waals surface area contributed by atoms with Crippen molar-refractivity contribution in [3.05, 3.63) is 23.8 Å². The summed E-state index contributed by atoms with van der Waals surface area (Å²) in [6, 6.07) is 4.16. The molecule has 2 amide bonds. The number of esters is 2. The van der Waals surface area contributed by atoms with E-state index in [0.29, 0.717) is 0 Å². The van der Waals surface area contributed by atoms with Crippen molar-refractivity contribution in [1.82, 2.24) is 0 Å². The highest BCUT2D eigenvalue weighted by atomic mass is 79.9. The van der Waals surface area contributed by atoms with Crippen molar-refractivity contribution in [2.24, 2.45) is 0 Å². The van der Waals surface area contributed by atoms with Gasteiger partial charge < -0.3 is 18.9 Å². The van der Waals surface area contributed by atoms with Gasteiger partial charge in [0.25, 0.3) is 0 Å². The monoisotopic (exact) mass is 544 g/mol. The second-order valence-electron chi connectivity index (χ2n) is 9.80. The topological polar surface area (TPSA) is 129 Å². The number of halogens is 1. The number of hydrogen-bond donors (Lipinski definition) is 2. The van der Waals surface area contributed by atoms with Gasteiger partial charge in [0.05, 0.1) is 5.56 Å². The SMILES string of the molecule is CC(C)(C)OC(=O)Nc1cc(NC(=O)OC(C)(C)C)cc(C(=O)OCCOC(=O)C(C)(C)Br)c1. The zero-order valence-electron chi connectivity index (χ0n) is 20.8. The Hall–Kier alpha value is -2.82. The van der Waals surface area contributed by atoms with Gasteiger partial charge in [-0.3, -0.25) is 15.4 Å². The molecule has 1 aromatic rings. The van der Waals surface area contributed by atoms with E-state index >= 15 is 0 Å². The number of ether oxygens (including phenoxy) is 4. The maximum Gasteiger partial charge on any atom is 0.412 e. The lowest BCUT2D eigenvalue weighted by molar-refractivity contribution is -0.146. The van der Waals surface area contributed by atoms with Crippen molar-refractivity contribution in [2.75, 3.05) is 23.8 Å². The Balaban J connectivity index is 2.99. The fraction of sp³-hybridized carbons (Fsp3) is 0.565. The van der Waals surface area contributed by atoms with Crippen LogP contribution < -0.4 is 10.6 Å². The third-order valence-electron chi connectivity index (χ3n) is 3.49. The molecule has 0 fully saturated rings. The van der Waals surface area contributed by atoms with E-state index in [1.54, 1.807) is 55.4 Å². The van der Waals surface area contributed by atoms with Crippen LogP contribution in [0, 0.1) is 0 Å². The molecule has 11 heteroatoms. The predicted molar refractivity (Wildman–Crippen MR) is 130 cm³/mol. The number of alkyl halides is 1. The molecule has 10 nitrogen and oxygen atoms in total. The standard InChI is InChI=1S/C23H33BrN2O8/c1-21(2,3)33-19(29)25-15-11-14(12-16(13-15)26-20(30)34-22(4,5)6)17(27)31-9-10-32-18(28)23(7,8)24/h11-13H,9-10H2,1-8H3,(H,25,29)(H,26,30). The van der Waals surface area contributed by atoms with Gasteiger partial charge in [0.2, 0.25) is 0 Å². The van der Waals surface area contributed by atoms with E-state index < -0.39 is 39.7 Å². The molecule has 1 rings (SSSR count). The minimum absolute atomic E-state index is 0.0340. The van der Waals surface area contributed by atoms with Gasteiger partial charge in [-0.1, -0.05) is 15.9 Å². The fourth-order valence-electron chi connectivity index (χ4n) is 2.26. The second kappa shape index (κ2) is 11.5. The smallest absolute Gasteiger partial charge is 0.412 e. The summed E-state index contributed by atoms with van der Waals surface area (Å²) in [5.74, 6) is -1.26. The van der Waals surface area contributed by atoms with Gasteiger partial charge in [0, 0.05) is 11.4 Å². The first-order valence-corrected chi connectivity index (χ1v) is 11.3. The van der Waals surface area contributed by atoms with Gasteiger partial charge >= 0.3 is 24.1 Å². The average molecular weight is 545 g/mol. The Morgan fingerprint density at radius 2 is 1.15 bits per heavy atom. The zero-order valence-corrected chi connectivity index (χ0v) is 22.4. The first-order valence-electron chi connectivity index (χ1n) is 10.5. The first-order chi connectivity index (χ1) is 15.4.